The molecular formula is C15H15FN4O. The summed E-state index contributed by atoms with van der Waals surface area (Å²) >= 11 is 0. The highest BCUT2D eigenvalue weighted by Crippen LogP contribution is 2.37. The van der Waals surface area contributed by atoms with Gasteiger partial charge >= 0.3 is 0 Å². The number of amides is 1. The van der Waals surface area contributed by atoms with Crippen molar-refractivity contribution >= 4 is 23.1 Å². The Hall–Kier alpha value is -2.50. The van der Waals surface area contributed by atoms with Crippen molar-refractivity contribution in [3.63, 3.8) is 0 Å². The van der Waals surface area contributed by atoms with Crippen LogP contribution in [0.3, 0.4) is 0 Å². The molecule has 2 aromatic rings. The molecule has 0 bridgehead atoms. The molecule has 5 nitrogen and oxygen atoms in total. The van der Waals surface area contributed by atoms with Gasteiger partial charge in [0.1, 0.15) is 17.8 Å². The molecule has 0 saturated heterocycles. The number of benzene rings is 1. The summed E-state index contributed by atoms with van der Waals surface area (Å²) in [7, 11) is 0. The molecule has 1 amide bonds. The summed E-state index contributed by atoms with van der Waals surface area (Å²) in [6, 6.07) is 4.72. The van der Waals surface area contributed by atoms with Crippen LogP contribution in [0, 0.1) is 12.7 Å². The van der Waals surface area contributed by atoms with Gasteiger partial charge in [0.2, 0.25) is 5.91 Å². The predicted octanol–water partition coefficient (Wildman–Crippen LogP) is 2.58. The average molecular weight is 286 g/mol. The Balaban J connectivity index is 2.07. The van der Waals surface area contributed by atoms with E-state index in [1.54, 1.807) is 12.1 Å². The Kier molecular flexibility index (Phi) is 3.29. The molecule has 1 aliphatic rings. The molecular weight excluding hydrogens is 271 g/mol. The van der Waals surface area contributed by atoms with E-state index in [-0.39, 0.29) is 11.7 Å². The second kappa shape index (κ2) is 5.12. The average Bonchev–Trinajstić information content (AvgIpc) is 2.83. The fraction of sp³-hybridized carbons (Fsp3) is 0.267. The third kappa shape index (κ3) is 2.44. The van der Waals surface area contributed by atoms with E-state index in [0.29, 0.717) is 23.7 Å². The molecule has 3 rings (SSSR count). The van der Waals surface area contributed by atoms with Crippen molar-refractivity contribution in [2.75, 3.05) is 16.8 Å². The quantitative estimate of drug-likeness (QED) is 0.922. The summed E-state index contributed by atoms with van der Waals surface area (Å²) in [5.74, 6) is 0.229. The molecule has 0 radical (unpaired) electrons. The molecule has 0 saturated carbocycles. The number of carbonyl (C=O) groups is 1. The smallest absolute Gasteiger partial charge is 0.221 e. The monoisotopic (exact) mass is 286 g/mol. The van der Waals surface area contributed by atoms with Gasteiger partial charge in [0.25, 0.3) is 0 Å². The number of nitrogens with zero attached hydrogens (tertiary/aromatic N) is 3. The maximum atomic E-state index is 13.3. The number of halogens is 1. The molecule has 21 heavy (non-hydrogen) atoms. The fourth-order valence-corrected chi connectivity index (χ4v) is 2.58. The van der Waals surface area contributed by atoms with Crippen molar-refractivity contribution in [1.29, 1.82) is 0 Å². The van der Waals surface area contributed by atoms with E-state index in [1.807, 2.05) is 11.8 Å². The molecule has 0 fully saturated rings. The molecule has 108 valence electrons. The van der Waals surface area contributed by atoms with Crippen LogP contribution in [0.4, 0.5) is 21.6 Å². The lowest BCUT2D eigenvalue weighted by Crippen LogP contribution is -2.19. The number of hydrogen-bond donors (Lipinski definition) is 1. The van der Waals surface area contributed by atoms with Crippen molar-refractivity contribution in [3.8, 4) is 0 Å². The van der Waals surface area contributed by atoms with Crippen LogP contribution in [0.2, 0.25) is 0 Å². The van der Waals surface area contributed by atoms with Crippen LogP contribution >= 0.6 is 0 Å². The molecule has 6 heteroatoms. The zero-order valence-electron chi connectivity index (χ0n) is 11.9. The molecule has 0 spiro atoms. The van der Waals surface area contributed by atoms with Gasteiger partial charge in [-0.3, -0.25) is 4.79 Å². The van der Waals surface area contributed by atoms with E-state index in [1.165, 1.54) is 19.3 Å². The normalized spacial score (nSPS) is 13.2. The lowest BCUT2D eigenvalue weighted by molar-refractivity contribution is -0.114. The number of fused-ring (bicyclic) bond motifs is 1. The van der Waals surface area contributed by atoms with Crippen LogP contribution in [-0.4, -0.2) is 22.4 Å². The second-order valence-corrected chi connectivity index (χ2v) is 5.01. The molecule has 1 N–H and O–H groups in total. The van der Waals surface area contributed by atoms with Crippen LogP contribution in [0.15, 0.2) is 24.5 Å². The zero-order valence-corrected chi connectivity index (χ0v) is 11.9. The van der Waals surface area contributed by atoms with E-state index in [9.17, 15) is 9.18 Å². The summed E-state index contributed by atoms with van der Waals surface area (Å²) in [6.07, 6.45) is 2.22. The van der Waals surface area contributed by atoms with E-state index < -0.39 is 0 Å². The second-order valence-electron chi connectivity index (χ2n) is 5.01. The van der Waals surface area contributed by atoms with Gasteiger partial charge < -0.3 is 10.2 Å². The molecule has 0 atom stereocenters. The Bertz CT molecular complexity index is 717. The summed E-state index contributed by atoms with van der Waals surface area (Å²) < 4.78 is 13.3. The first-order chi connectivity index (χ1) is 10.1. The molecule has 1 aliphatic heterocycles. The highest BCUT2D eigenvalue weighted by atomic mass is 19.1. The van der Waals surface area contributed by atoms with E-state index >= 15 is 0 Å². The van der Waals surface area contributed by atoms with Crippen LogP contribution in [0.25, 0.3) is 0 Å². The van der Waals surface area contributed by atoms with Gasteiger partial charge in [0, 0.05) is 19.2 Å². The third-order valence-corrected chi connectivity index (χ3v) is 3.51. The molecule has 1 aromatic heterocycles. The van der Waals surface area contributed by atoms with Crippen molar-refractivity contribution in [1.82, 2.24) is 9.97 Å². The Morgan fingerprint density at radius 2 is 2.19 bits per heavy atom. The first-order valence-corrected chi connectivity index (χ1v) is 6.71. The number of carbonyl (C=O) groups excluding carboxylic acids is 1. The van der Waals surface area contributed by atoms with Crippen molar-refractivity contribution in [2.45, 2.75) is 20.3 Å². The highest BCUT2D eigenvalue weighted by molar-refractivity contribution is 5.93. The summed E-state index contributed by atoms with van der Waals surface area (Å²) in [5.41, 5.74) is 3.16. The molecule has 0 aliphatic carbocycles. The van der Waals surface area contributed by atoms with Crippen LogP contribution < -0.4 is 10.2 Å². The molecule has 2 heterocycles. The number of hydrogen-bond acceptors (Lipinski definition) is 4. The number of aromatic nitrogens is 2. The van der Waals surface area contributed by atoms with Crippen molar-refractivity contribution in [3.05, 3.63) is 41.6 Å². The van der Waals surface area contributed by atoms with Gasteiger partial charge in [-0.1, -0.05) is 0 Å². The first-order valence-electron chi connectivity index (χ1n) is 6.71. The number of nitrogens with one attached hydrogen (secondary N) is 1. The standard InChI is InChI=1S/C15H15FN4O/c1-9-14(19-10(2)21)15(18-8-17-9)20-6-5-11-7-12(16)3-4-13(11)20/h3-4,7-8H,5-6H2,1-2H3,(H,19,21). The van der Waals surface area contributed by atoms with Crippen LogP contribution in [-0.2, 0) is 11.2 Å². The molecule has 1 aromatic carbocycles. The van der Waals surface area contributed by atoms with Gasteiger partial charge in [0.05, 0.1) is 5.69 Å². The Morgan fingerprint density at radius 1 is 1.38 bits per heavy atom. The minimum Gasteiger partial charge on any atom is -0.324 e. The summed E-state index contributed by atoms with van der Waals surface area (Å²) in [5, 5.41) is 2.78. The Labute approximate surface area is 121 Å². The zero-order chi connectivity index (χ0) is 15.0. The maximum absolute atomic E-state index is 13.3. The topological polar surface area (TPSA) is 58.1 Å². The third-order valence-electron chi connectivity index (χ3n) is 3.51. The minimum absolute atomic E-state index is 0.173. The number of aryl methyl sites for hydroxylation is 1. The SMILES string of the molecule is CC(=O)Nc1c(C)ncnc1N1CCc2cc(F)ccc21. The molecule has 0 unspecified atom stereocenters. The van der Waals surface area contributed by atoms with Crippen molar-refractivity contribution < 1.29 is 9.18 Å². The maximum Gasteiger partial charge on any atom is 0.221 e. The number of rotatable bonds is 2. The van der Waals surface area contributed by atoms with Gasteiger partial charge in [-0.2, -0.15) is 0 Å². The fourth-order valence-electron chi connectivity index (χ4n) is 2.58. The van der Waals surface area contributed by atoms with Gasteiger partial charge in [-0.25, -0.2) is 14.4 Å². The first kappa shape index (κ1) is 13.5. The van der Waals surface area contributed by atoms with Gasteiger partial charge in [0.15, 0.2) is 5.82 Å². The predicted molar refractivity (Wildman–Crippen MR) is 78.2 cm³/mol. The van der Waals surface area contributed by atoms with Crippen LogP contribution in [0.1, 0.15) is 18.2 Å². The van der Waals surface area contributed by atoms with E-state index in [2.05, 4.69) is 15.3 Å². The van der Waals surface area contributed by atoms with E-state index in [0.717, 1.165) is 17.7 Å². The van der Waals surface area contributed by atoms with Crippen molar-refractivity contribution in [2.24, 2.45) is 0 Å². The van der Waals surface area contributed by atoms with Crippen LogP contribution in [0.5, 0.6) is 0 Å². The van der Waals surface area contributed by atoms with Gasteiger partial charge in [-0.05, 0) is 37.1 Å². The largest absolute Gasteiger partial charge is 0.324 e. The highest BCUT2D eigenvalue weighted by Gasteiger charge is 2.25. The van der Waals surface area contributed by atoms with Gasteiger partial charge in [-0.15, -0.1) is 0 Å². The Morgan fingerprint density at radius 3 is 2.95 bits per heavy atom. The summed E-state index contributed by atoms with van der Waals surface area (Å²) in [6.45, 7) is 3.96. The lowest BCUT2D eigenvalue weighted by Gasteiger charge is -2.22. The minimum atomic E-state index is -0.239. The summed E-state index contributed by atoms with van der Waals surface area (Å²) in [4.78, 5) is 21.8. The number of anilines is 3. The van der Waals surface area contributed by atoms with E-state index in [4.69, 9.17) is 0 Å². The lowest BCUT2D eigenvalue weighted by atomic mass is 10.1.